The van der Waals surface area contributed by atoms with E-state index in [1.54, 1.807) is 18.2 Å². The molecule has 1 rings (SSSR count). The lowest BCUT2D eigenvalue weighted by Gasteiger charge is -2.07. The van der Waals surface area contributed by atoms with Gasteiger partial charge >= 0.3 is 0 Å². The number of allylic oxidation sites excluding steroid dienone is 1. The van der Waals surface area contributed by atoms with Crippen molar-refractivity contribution in [3.8, 4) is 11.5 Å². The fraction of sp³-hybridized carbons (Fsp3) is 0.200. The molecule has 13 heavy (non-hydrogen) atoms. The normalized spacial score (nSPS) is 9.69. The van der Waals surface area contributed by atoms with Gasteiger partial charge in [0.05, 0.1) is 7.11 Å². The van der Waals surface area contributed by atoms with Crippen molar-refractivity contribution in [2.75, 3.05) is 7.11 Å². The Balaban J connectivity index is 3.18. The Morgan fingerprint density at radius 3 is 2.85 bits per heavy atom. The number of phenolic OH excluding ortho intramolecular Hbond substituents is 1. The molecule has 1 aromatic carbocycles. The summed E-state index contributed by atoms with van der Waals surface area (Å²) < 4.78 is 4.94. The molecule has 0 aliphatic heterocycles. The fourth-order valence-electron chi connectivity index (χ4n) is 1.10. The van der Waals surface area contributed by atoms with Gasteiger partial charge in [-0.25, -0.2) is 0 Å². The number of ether oxygens (including phenoxy) is 1. The molecule has 3 heteroatoms. The molecule has 0 heterocycles. The van der Waals surface area contributed by atoms with Gasteiger partial charge < -0.3 is 9.84 Å². The van der Waals surface area contributed by atoms with E-state index < -0.39 is 0 Å². The molecule has 2 nitrogen and oxygen atoms in total. The third kappa shape index (κ3) is 2.16. The maximum Gasteiger partial charge on any atom is 0.162 e. The van der Waals surface area contributed by atoms with Gasteiger partial charge in [0.1, 0.15) is 0 Å². The van der Waals surface area contributed by atoms with Crippen molar-refractivity contribution in [3.63, 3.8) is 0 Å². The molecular weight excluding hydrogens is 188 g/mol. The van der Waals surface area contributed by atoms with Crippen LogP contribution < -0.4 is 4.74 Å². The van der Waals surface area contributed by atoms with Gasteiger partial charge in [-0.05, 0) is 12.5 Å². The minimum Gasteiger partial charge on any atom is -0.504 e. The molecule has 0 atom stereocenters. The molecule has 0 amide bonds. The van der Waals surface area contributed by atoms with Gasteiger partial charge in [0.25, 0.3) is 0 Å². The topological polar surface area (TPSA) is 29.5 Å². The molecule has 0 aliphatic carbocycles. The van der Waals surface area contributed by atoms with Crippen molar-refractivity contribution in [1.29, 1.82) is 0 Å². The second-order valence-corrected chi connectivity index (χ2v) is 3.05. The summed E-state index contributed by atoms with van der Waals surface area (Å²) in [4.78, 5) is 0. The predicted molar refractivity (Wildman–Crippen MR) is 53.6 cm³/mol. The Labute approximate surface area is 82.4 Å². The van der Waals surface area contributed by atoms with E-state index in [9.17, 15) is 5.11 Å². The highest BCUT2D eigenvalue weighted by atomic mass is 35.5. The van der Waals surface area contributed by atoms with Crippen LogP contribution in [0, 0.1) is 0 Å². The van der Waals surface area contributed by atoms with Gasteiger partial charge in [-0.1, -0.05) is 17.7 Å². The van der Waals surface area contributed by atoms with E-state index in [4.69, 9.17) is 16.3 Å². The summed E-state index contributed by atoms with van der Waals surface area (Å²) in [6.45, 7) is 3.59. The average molecular weight is 199 g/mol. The quantitative estimate of drug-likeness (QED) is 0.757. The molecule has 70 valence electrons. The van der Waals surface area contributed by atoms with E-state index in [0.717, 1.165) is 5.56 Å². The molecule has 0 saturated heterocycles. The number of rotatable bonds is 3. The van der Waals surface area contributed by atoms with Crippen LogP contribution in [0.2, 0.25) is 5.02 Å². The first-order chi connectivity index (χ1) is 6.19. The first-order valence-electron chi connectivity index (χ1n) is 3.85. The van der Waals surface area contributed by atoms with E-state index in [2.05, 4.69) is 6.58 Å². The van der Waals surface area contributed by atoms with Crippen LogP contribution in [-0.2, 0) is 6.42 Å². The molecule has 0 radical (unpaired) electrons. The number of halogens is 1. The maximum absolute atomic E-state index is 9.61. The minimum atomic E-state index is 0.131. The number of benzene rings is 1. The van der Waals surface area contributed by atoms with Crippen LogP contribution >= 0.6 is 11.6 Å². The zero-order valence-electron chi connectivity index (χ0n) is 7.38. The molecular formula is C10H11ClO2. The first kappa shape index (κ1) is 9.93. The minimum absolute atomic E-state index is 0.131. The van der Waals surface area contributed by atoms with Crippen molar-refractivity contribution in [2.45, 2.75) is 6.42 Å². The zero-order valence-corrected chi connectivity index (χ0v) is 8.14. The smallest absolute Gasteiger partial charge is 0.162 e. The largest absolute Gasteiger partial charge is 0.504 e. The Morgan fingerprint density at radius 1 is 1.62 bits per heavy atom. The van der Waals surface area contributed by atoms with Crippen LogP contribution in [0.5, 0.6) is 11.5 Å². The summed E-state index contributed by atoms with van der Waals surface area (Å²) in [5.74, 6) is 0.524. The lowest BCUT2D eigenvalue weighted by molar-refractivity contribution is 0.371. The highest BCUT2D eigenvalue weighted by molar-refractivity contribution is 6.30. The summed E-state index contributed by atoms with van der Waals surface area (Å²) >= 11 is 5.81. The summed E-state index contributed by atoms with van der Waals surface area (Å²) in [6, 6.07) is 3.27. The fourth-order valence-corrected chi connectivity index (χ4v) is 1.33. The van der Waals surface area contributed by atoms with E-state index >= 15 is 0 Å². The molecule has 0 aliphatic rings. The van der Waals surface area contributed by atoms with Crippen LogP contribution in [-0.4, -0.2) is 12.2 Å². The van der Waals surface area contributed by atoms with E-state index in [1.165, 1.54) is 7.11 Å². The Morgan fingerprint density at radius 2 is 2.31 bits per heavy atom. The summed E-state index contributed by atoms with van der Waals surface area (Å²) in [6.07, 6.45) is 2.27. The molecule has 0 aromatic heterocycles. The third-order valence-corrected chi connectivity index (χ3v) is 1.92. The molecule has 1 aromatic rings. The van der Waals surface area contributed by atoms with E-state index in [0.29, 0.717) is 17.2 Å². The highest BCUT2D eigenvalue weighted by Gasteiger charge is 2.07. The van der Waals surface area contributed by atoms with Crippen molar-refractivity contribution in [3.05, 3.63) is 35.4 Å². The summed E-state index contributed by atoms with van der Waals surface area (Å²) in [5, 5.41) is 10.2. The highest BCUT2D eigenvalue weighted by Crippen LogP contribution is 2.33. The standard InChI is InChI=1S/C10H11ClO2/c1-3-4-7-5-8(11)6-9(13-2)10(7)12/h3,5-6,12H,1,4H2,2H3. The van der Waals surface area contributed by atoms with Crippen molar-refractivity contribution in [1.82, 2.24) is 0 Å². The average Bonchev–Trinajstić information content (AvgIpc) is 2.11. The number of hydrogen-bond donors (Lipinski definition) is 1. The monoisotopic (exact) mass is 198 g/mol. The van der Waals surface area contributed by atoms with E-state index in [-0.39, 0.29) is 5.75 Å². The number of aromatic hydroxyl groups is 1. The Bertz CT molecular complexity index is 321. The van der Waals surface area contributed by atoms with Crippen LogP contribution in [0.4, 0.5) is 0 Å². The number of hydrogen-bond acceptors (Lipinski definition) is 2. The zero-order chi connectivity index (χ0) is 9.84. The van der Waals surface area contributed by atoms with Gasteiger partial charge in [0.15, 0.2) is 11.5 Å². The first-order valence-corrected chi connectivity index (χ1v) is 4.23. The van der Waals surface area contributed by atoms with Crippen LogP contribution in [0.1, 0.15) is 5.56 Å². The molecule has 0 spiro atoms. The summed E-state index contributed by atoms with van der Waals surface area (Å²) in [5.41, 5.74) is 0.722. The summed E-state index contributed by atoms with van der Waals surface area (Å²) in [7, 11) is 1.49. The van der Waals surface area contributed by atoms with Crippen LogP contribution in [0.25, 0.3) is 0 Å². The van der Waals surface area contributed by atoms with Gasteiger partial charge in [-0.15, -0.1) is 6.58 Å². The second kappa shape index (κ2) is 4.19. The SMILES string of the molecule is C=CCc1cc(Cl)cc(OC)c1O. The number of methoxy groups -OCH3 is 1. The molecule has 0 bridgehead atoms. The Kier molecular flexibility index (Phi) is 3.20. The molecule has 1 N–H and O–H groups in total. The molecule has 0 fully saturated rings. The van der Waals surface area contributed by atoms with Crippen LogP contribution in [0.15, 0.2) is 24.8 Å². The number of phenols is 1. The molecule has 0 unspecified atom stereocenters. The van der Waals surface area contributed by atoms with E-state index in [1.807, 2.05) is 0 Å². The van der Waals surface area contributed by atoms with Gasteiger partial charge in [0, 0.05) is 16.7 Å². The van der Waals surface area contributed by atoms with Crippen molar-refractivity contribution < 1.29 is 9.84 Å². The predicted octanol–water partition coefficient (Wildman–Crippen LogP) is 2.78. The van der Waals surface area contributed by atoms with Gasteiger partial charge in [-0.3, -0.25) is 0 Å². The Hall–Kier alpha value is -1.15. The molecule has 0 saturated carbocycles. The van der Waals surface area contributed by atoms with Crippen molar-refractivity contribution in [2.24, 2.45) is 0 Å². The third-order valence-electron chi connectivity index (χ3n) is 1.70. The maximum atomic E-state index is 9.61. The van der Waals surface area contributed by atoms with Gasteiger partial charge in [-0.2, -0.15) is 0 Å². The van der Waals surface area contributed by atoms with Gasteiger partial charge in [0.2, 0.25) is 0 Å². The lowest BCUT2D eigenvalue weighted by atomic mass is 10.1. The van der Waals surface area contributed by atoms with Crippen molar-refractivity contribution >= 4 is 11.6 Å². The lowest BCUT2D eigenvalue weighted by Crippen LogP contribution is -1.88. The second-order valence-electron chi connectivity index (χ2n) is 2.61. The van der Waals surface area contributed by atoms with Crippen LogP contribution in [0.3, 0.4) is 0 Å².